The predicted molar refractivity (Wildman–Crippen MR) is 99.9 cm³/mol. The Morgan fingerprint density at radius 2 is 1.85 bits per heavy atom. The van der Waals surface area contributed by atoms with Crippen molar-refractivity contribution in [2.75, 3.05) is 10.6 Å². The Morgan fingerprint density at radius 1 is 1.12 bits per heavy atom. The molecule has 0 atom stereocenters. The number of carbonyl (C=O) groups is 1. The molecule has 0 spiro atoms. The molecule has 7 heteroatoms. The summed E-state index contributed by atoms with van der Waals surface area (Å²) in [6.07, 6.45) is 0. The number of amides is 1. The SMILES string of the molecule is Cc1nc(NCc2ccccc2Cl)cc(C(=O)Nc2ccccc2F)n1. The molecule has 0 aliphatic carbocycles. The van der Waals surface area contributed by atoms with E-state index in [-0.39, 0.29) is 11.4 Å². The number of hydrogen-bond donors (Lipinski definition) is 2. The second-order valence-electron chi connectivity index (χ2n) is 5.56. The molecule has 2 aromatic carbocycles. The van der Waals surface area contributed by atoms with Gasteiger partial charge in [0.25, 0.3) is 5.91 Å². The number of rotatable bonds is 5. The Bertz CT molecular complexity index is 948. The number of nitrogens with one attached hydrogen (secondary N) is 2. The maximum Gasteiger partial charge on any atom is 0.274 e. The molecule has 1 heterocycles. The maximum atomic E-state index is 13.7. The van der Waals surface area contributed by atoms with Crippen molar-refractivity contribution >= 4 is 29.0 Å². The van der Waals surface area contributed by atoms with Crippen LogP contribution in [0.1, 0.15) is 21.9 Å². The summed E-state index contributed by atoms with van der Waals surface area (Å²) >= 11 is 6.14. The van der Waals surface area contributed by atoms with Crippen LogP contribution >= 0.6 is 11.6 Å². The van der Waals surface area contributed by atoms with Crippen molar-refractivity contribution in [2.24, 2.45) is 0 Å². The summed E-state index contributed by atoms with van der Waals surface area (Å²) < 4.78 is 13.7. The van der Waals surface area contributed by atoms with Gasteiger partial charge >= 0.3 is 0 Å². The number of benzene rings is 2. The summed E-state index contributed by atoms with van der Waals surface area (Å²) in [7, 11) is 0. The minimum absolute atomic E-state index is 0.0966. The van der Waals surface area contributed by atoms with E-state index < -0.39 is 11.7 Å². The van der Waals surface area contributed by atoms with Crippen LogP contribution in [0.3, 0.4) is 0 Å². The van der Waals surface area contributed by atoms with Gasteiger partial charge in [-0.15, -0.1) is 0 Å². The summed E-state index contributed by atoms with van der Waals surface area (Å²) in [5.74, 6) is -0.117. The lowest BCUT2D eigenvalue weighted by molar-refractivity contribution is 0.102. The van der Waals surface area contributed by atoms with Gasteiger partial charge in [0.05, 0.1) is 5.69 Å². The van der Waals surface area contributed by atoms with Crippen LogP contribution in [0.5, 0.6) is 0 Å². The third kappa shape index (κ3) is 4.34. The van der Waals surface area contributed by atoms with Crippen molar-refractivity contribution in [3.63, 3.8) is 0 Å². The highest BCUT2D eigenvalue weighted by atomic mass is 35.5. The van der Waals surface area contributed by atoms with Crippen molar-refractivity contribution in [1.82, 2.24) is 9.97 Å². The van der Waals surface area contributed by atoms with E-state index in [2.05, 4.69) is 20.6 Å². The number of para-hydroxylation sites is 1. The Balaban J connectivity index is 1.76. The average Bonchev–Trinajstić information content (AvgIpc) is 2.62. The van der Waals surface area contributed by atoms with Crippen molar-refractivity contribution in [3.8, 4) is 0 Å². The highest BCUT2D eigenvalue weighted by molar-refractivity contribution is 6.31. The Labute approximate surface area is 155 Å². The zero-order valence-electron chi connectivity index (χ0n) is 14.0. The van der Waals surface area contributed by atoms with Gasteiger partial charge in [-0.3, -0.25) is 4.79 Å². The van der Waals surface area contributed by atoms with E-state index >= 15 is 0 Å². The first-order chi connectivity index (χ1) is 12.5. The van der Waals surface area contributed by atoms with Gasteiger partial charge in [0.2, 0.25) is 0 Å². The molecule has 1 aromatic heterocycles. The first kappa shape index (κ1) is 17.8. The third-order valence-electron chi connectivity index (χ3n) is 3.61. The largest absolute Gasteiger partial charge is 0.366 e. The average molecular weight is 371 g/mol. The molecule has 2 N–H and O–H groups in total. The Morgan fingerprint density at radius 3 is 2.62 bits per heavy atom. The van der Waals surface area contributed by atoms with Crippen LogP contribution in [0, 0.1) is 12.7 Å². The van der Waals surface area contributed by atoms with Crippen LogP contribution in [-0.4, -0.2) is 15.9 Å². The van der Waals surface area contributed by atoms with E-state index in [4.69, 9.17) is 11.6 Å². The number of nitrogens with zero attached hydrogens (tertiary/aromatic N) is 2. The van der Waals surface area contributed by atoms with Crippen LogP contribution in [0.2, 0.25) is 5.02 Å². The maximum absolute atomic E-state index is 13.7. The first-order valence-electron chi connectivity index (χ1n) is 7.92. The highest BCUT2D eigenvalue weighted by Gasteiger charge is 2.13. The smallest absolute Gasteiger partial charge is 0.274 e. The van der Waals surface area contributed by atoms with Crippen LogP contribution in [-0.2, 0) is 6.54 Å². The standard InChI is InChI=1S/C19H16ClFN4O/c1-12-23-17(19(26)25-16-9-5-4-8-15(16)21)10-18(24-12)22-11-13-6-2-3-7-14(13)20/h2-10H,11H2,1H3,(H,25,26)(H,22,23,24). The number of anilines is 2. The van der Waals surface area contributed by atoms with E-state index in [0.717, 1.165) is 5.56 Å². The molecule has 0 radical (unpaired) electrons. The zero-order valence-corrected chi connectivity index (χ0v) is 14.7. The molecule has 3 aromatic rings. The minimum atomic E-state index is -0.513. The second-order valence-corrected chi connectivity index (χ2v) is 5.97. The molecule has 0 bridgehead atoms. The molecule has 0 saturated heterocycles. The molecule has 0 saturated carbocycles. The number of aryl methyl sites for hydroxylation is 1. The van der Waals surface area contributed by atoms with Gasteiger partial charge in [-0.25, -0.2) is 14.4 Å². The molecule has 0 unspecified atom stereocenters. The minimum Gasteiger partial charge on any atom is -0.366 e. The van der Waals surface area contributed by atoms with Crippen LogP contribution in [0.25, 0.3) is 0 Å². The Hall–Kier alpha value is -2.99. The quantitative estimate of drug-likeness (QED) is 0.696. The normalized spacial score (nSPS) is 10.4. The zero-order chi connectivity index (χ0) is 18.5. The lowest BCUT2D eigenvalue weighted by Crippen LogP contribution is -2.16. The van der Waals surface area contributed by atoms with Gasteiger partial charge in [0.1, 0.15) is 23.2 Å². The molecule has 5 nitrogen and oxygen atoms in total. The second kappa shape index (κ2) is 7.93. The molecule has 0 fully saturated rings. The van der Waals surface area contributed by atoms with E-state index in [9.17, 15) is 9.18 Å². The highest BCUT2D eigenvalue weighted by Crippen LogP contribution is 2.18. The van der Waals surface area contributed by atoms with Crippen LogP contribution in [0.15, 0.2) is 54.6 Å². The fourth-order valence-electron chi connectivity index (χ4n) is 2.35. The first-order valence-corrected chi connectivity index (χ1v) is 8.29. The van der Waals surface area contributed by atoms with E-state index in [0.29, 0.717) is 23.2 Å². The van der Waals surface area contributed by atoms with Gasteiger partial charge in [0, 0.05) is 17.6 Å². The van der Waals surface area contributed by atoms with Crippen molar-refractivity contribution < 1.29 is 9.18 Å². The van der Waals surface area contributed by atoms with E-state index in [1.54, 1.807) is 25.1 Å². The van der Waals surface area contributed by atoms with Gasteiger partial charge in [-0.2, -0.15) is 0 Å². The molecule has 3 rings (SSSR count). The molecule has 26 heavy (non-hydrogen) atoms. The Kier molecular flexibility index (Phi) is 5.43. The molecule has 132 valence electrons. The fraction of sp³-hybridized carbons (Fsp3) is 0.105. The predicted octanol–water partition coefficient (Wildman–Crippen LogP) is 4.44. The summed E-state index contributed by atoms with van der Waals surface area (Å²) in [6.45, 7) is 2.13. The van der Waals surface area contributed by atoms with Crippen molar-refractivity contribution in [3.05, 3.63) is 82.5 Å². The fourth-order valence-corrected chi connectivity index (χ4v) is 2.55. The molecule has 1 amide bonds. The van der Waals surface area contributed by atoms with Gasteiger partial charge in [-0.1, -0.05) is 41.9 Å². The van der Waals surface area contributed by atoms with Gasteiger partial charge < -0.3 is 10.6 Å². The number of halogens is 2. The van der Waals surface area contributed by atoms with Crippen molar-refractivity contribution in [1.29, 1.82) is 0 Å². The monoisotopic (exact) mass is 370 g/mol. The van der Waals surface area contributed by atoms with Gasteiger partial charge in [0.15, 0.2) is 0 Å². The number of carbonyl (C=O) groups excluding carboxylic acids is 1. The van der Waals surface area contributed by atoms with Crippen LogP contribution in [0.4, 0.5) is 15.9 Å². The summed E-state index contributed by atoms with van der Waals surface area (Å²) in [5.41, 5.74) is 1.14. The van der Waals surface area contributed by atoms with E-state index in [1.807, 2.05) is 18.2 Å². The summed E-state index contributed by atoms with van der Waals surface area (Å²) in [5, 5.41) is 6.28. The molecule has 0 aliphatic rings. The number of hydrogen-bond acceptors (Lipinski definition) is 4. The topological polar surface area (TPSA) is 66.9 Å². The third-order valence-corrected chi connectivity index (χ3v) is 3.98. The molecular formula is C19H16ClFN4O. The summed E-state index contributed by atoms with van der Waals surface area (Å²) in [4.78, 5) is 20.8. The molecular weight excluding hydrogens is 355 g/mol. The van der Waals surface area contributed by atoms with Crippen LogP contribution < -0.4 is 10.6 Å². The van der Waals surface area contributed by atoms with E-state index in [1.165, 1.54) is 18.2 Å². The molecule has 0 aliphatic heterocycles. The van der Waals surface area contributed by atoms with Crippen molar-refractivity contribution in [2.45, 2.75) is 13.5 Å². The number of aromatic nitrogens is 2. The summed E-state index contributed by atoms with van der Waals surface area (Å²) in [6, 6.07) is 14.9. The van der Waals surface area contributed by atoms with Gasteiger partial charge in [-0.05, 0) is 30.7 Å². The lowest BCUT2D eigenvalue weighted by atomic mass is 10.2. The lowest BCUT2D eigenvalue weighted by Gasteiger charge is -2.10.